The molecule has 0 bridgehead atoms. The summed E-state index contributed by atoms with van der Waals surface area (Å²) in [5.41, 5.74) is 8.13. The minimum absolute atomic E-state index is 0.0223. The molecule has 7 nitrogen and oxygen atoms in total. The van der Waals surface area contributed by atoms with Crippen molar-refractivity contribution in [3.8, 4) is 11.1 Å². The van der Waals surface area contributed by atoms with E-state index in [1.54, 1.807) is 12.1 Å². The Bertz CT molecular complexity index is 1560. The molecule has 6 rings (SSSR count). The third kappa shape index (κ3) is 4.28. The topological polar surface area (TPSA) is 92.8 Å². The Kier molecular flexibility index (Phi) is 6.27. The van der Waals surface area contributed by atoms with Crippen molar-refractivity contribution < 1.29 is 14.9 Å². The maximum Gasteiger partial charge on any atom is 0.488 e. The summed E-state index contributed by atoms with van der Waals surface area (Å²) in [6.07, 6.45) is 5.77. The second-order valence-corrected chi connectivity index (χ2v) is 9.67. The molecule has 2 N–H and O–H groups in total. The highest BCUT2D eigenvalue weighted by Gasteiger charge is 2.31. The summed E-state index contributed by atoms with van der Waals surface area (Å²) in [6, 6.07) is 25.5. The van der Waals surface area contributed by atoms with Crippen molar-refractivity contribution >= 4 is 29.3 Å². The number of pyridine rings is 2. The van der Waals surface area contributed by atoms with Gasteiger partial charge in [0, 0.05) is 24.2 Å². The minimum atomic E-state index is -1.52. The second kappa shape index (κ2) is 9.89. The predicted molar refractivity (Wildman–Crippen MR) is 149 cm³/mol. The van der Waals surface area contributed by atoms with Crippen LogP contribution in [0.25, 0.3) is 22.2 Å². The fourth-order valence-corrected chi connectivity index (χ4v) is 5.36. The smallest absolute Gasteiger partial charge is 0.423 e. The molecule has 2 unspecified atom stereocenters. The summed E-state index contributed by atoms with van der Waals surface area (Å²) < 4.78 is 2.24. The van der Waals surface area contributed by atoms with Gasteiger partial charge in [-0.05, 0) is 54.2 Å². The van der Waals surface area contributed by atoms with Crippen molar-refractivity contribution in [3.05, 3.63) is 114 Å². The molecule has 38 heavy (non-hydrogen) atoms. The monoisotopic (exact) mass is 502 g/mol. The van der Waals surface area contributed by atoms with E-state index < -0.39 is 7.12 Å². The van der Waals surface area contributed by atoms with Crippen LogP contribution >= 0.6 is 0 Å². The highest BCUT2D eigenvalue weighted by molar-refractivity contribution is 6.58. The molecule has 1 aliphatic heterocycles. The number of hydrogen-bond acceptors (Lipinski definition) is 6. The molecule has 2 aromatic carbocycles. The van der Waals surface area contributed by atoms with E-state index in [1.807, 2.05) is 74.8 Å². The number of aromatic nitrogens is 3. The van der Waals surface area contributed by atoms with Gasteiger partial charge in [0.25, 0.3) is 0 Å². The van der Waals surface area contributed by atoms with E-state index >= 15 is 0 Å². The van der Waals surface area contributed by atoms with Gasteiger partial charge in [-0.3, -0.25) is 9.97 Å². The number of fused-ring (bicyclic) bond motifs is 1. The van der Waals surface area contributed by atoms with Crippen LogP contribution in [0.15, 0.2) is 103 Å². The van der Waals surface area contributed by atoms with E-state index in [0.717, 1.165) is 44.7 Å². The first-order chi connectivity index (χ1) is 18.5. The highest BCUT2D eigenvalue weighted by Crippen LogP contribution is 2.38. The third-order valence-corrected chi connectivity index (χ3v) is 7.21. The van der Waals surface area contributed by atoms with Crippen LogP contribution in [0.5, 0.6) is 0 Å². The molecule has 5 aromatic rings. The average molecular weight is 502 g/mol. The van der Waals surface area contributed by atoms with Crippen LogP contribution in [-0.2, 0) is 4.84 Å². The molecule has 188 valence electrons. The summed E-state index contributed by atoms with van der Waals surface area (Å²) in [7, 11) is -1.52. The molecular weight excluding hydrogens is 475 g/mol. The number of oxime groups is 1. The first-order valence-electron chi connectivity index (χ1n) is 12.6. The van der Waals surface area contributed by atoms with E-state index in [0.29, 0.717) is 5.46 Å². The van der Waals surface area contributed by atoms with E-state index in [1.165, 1.54) is 0 Å². The van der Waals surface area contributed by atoms with Gasteiger partial charge >= 0.3 is 7.12 Å². The zero-order valence-corrected chi connectivity index (χ0v) is 21.1. The van der Waals surface area contributed by atoms with Crippen LogP contribution in [0.2, 0.25) is 0 Å². The lowest BCUT2D eigenvalue weighted by molar-refractivity contribution is 0.0904. The van der Waals surface area contributed by atoms with Crippen LogP contribution in [0.1, 0.15) is 42.6 Å². The fraction of sp³-hybridized carbons (Fsp3) is 0.167. The van der Waals surface area contributed by atoms with E-state index in [4.69, 9.17) is 14.8 Å². The minimum Gasteiger partial charge on any atom is -0.423 e. The Morgan fingerprint density at radius 3 is 2.37 bits per heavy atom. The maximum atomic E-state index is 9.58. The van der Waals surface area contributed by atoms with Gasteiger partial charge in [0.1, 0.15) is 12.1 Å². The molecule has 0 saturated carbocycles. The normalized spacial score (nSPS) is 17.7. The van der Waals surface area contributed by atoms with E-state index in [-0.39, 0.29) is 18.1 Å². The van der Waals surface area contributed by atoms with Gasteiger partial charge in [-0.2, -0.15) is 0 Å². The lowest BCUT2D eigenvalue weighted by atomic mass is 9.80. The summed E-state index contributed by atoms with van der Waals surface area (Å²) in [4.78, 5) is 15.3. The van der Waals surface area contributed by atoms with E-state index in [2.05, 4.69) is 34.1 Å². The van der Waals surface area contributed by atoms with Gasteiger partial charge in [0.05, 0.1) is 28.4 Å². The van der Waals surface area contributed by atoms with Gasteiger partial charge in [-0.15, -0.1) is 0 Å². The average Bonchev–Trinajstić information content (AvgIpc) is 3.49. The van der Waals surface area contributed by atoms with Gasteiger partial charge in [0.15, 0.2) is 0 Å². The van der Waals surface area contributed by atoms with Gasteiger partial charge in [-0.25, -0.2) is 0 Å². The zero-order chi connectivity index (χ0) is 26.2. The predicted octanol–water partition coefficient (Wildman–Crippen LogP) is 4.29. The molecule has 0 saturated heterocycles. The molecule has 0 amide bonds. The SMILES string of the molecule is CC1=NOC(C)C1c1cnc2c(-c3ccc(B(O)O)cc3)cn([C@@H](c3ccccc3)c3ccccn3)c2c1. The molecule has 3 aromatic heterocycles. The molecule has 0 fully saturated rings. The van der Waals surface area contributed by atoms with Crippen molar-refractivity contribution in [2.45, 2.75) is 31.9 Å². The Morgan fingerprint density at radius 1 is 0.947 bits per heavy atom. The second-order valence-electron chi connectivity index (χ2n) is 9.67. The van der Waals surface area contributed by atoms with Crippen molar-refractivity contribution in [2.75, 3.05) is 0 Å². The summed E-state index contributed by atoms with van der Waals surface area (Å²) in [5.74, 6) is 0.0223. The fourth-order valence-electron chi connectivity index (χ4n) is 5.36. The Morgan fingerprint density at radius 2 is 1.71 bits per heavy atom. The Labute approximate surface area is 221 Å². The molecule has 8 heteroatoms. The summed E-state index contributed by atoms with van der Waals surface area (Å²) in [6.45, 7) is 4.01. The summed E-state index contributed by atoms with van der Waals surface area (Å²) >= 11 is 0. The van der Waals surface area contributed by atoms with Crippen LogP contribution in [0.4, 0.5) is 0 Å². The van der Waals surface area contributed by atoms with Gasteiger partial charge < -0.3 is 19.5 Å². The van der Waals surface area contributed by atoms with Crippen molar-refractivity contribution in [1.82, 2.24) is 14.5 Å². The van der Waals surface area contributed by atoms with E-state index in [9.17, 15) is 10.0 Å². The molecule has 1 aliphatic rings. The summed E-state index contributed by atoms with van der Waals surface area (Å²) in [5, 5.41) is 23.4. The van der Waals surface area contributed by atoms with Crippen LogP contribution in [0.3, 0.4) is 0 Å². The van der Waals surface area contributed by atoms with Crippen LogP contribution in [0, 0.1) is 0 Å². The van der Waals surface area contributed by atoms with Gasteiger partial charge in [-0.1, -0.05) is 65.8 Å². The van der Waals surface area contributed by atoms with Crippen LogP contribution in [-0.4, -0.2) is 43.5 Å². The molecule has 0 radical (unpaired) electrons. The Hall–Kier alpha value is -4.27. The first-order valence-corrected chi connectivity index (χ1v) is 12.6. The van der Waals surface area contributed by atoms with Crippen molar-refractivity contribution in [1.29, 1.82) is 0 Å². The van der Waals surface area contributed by atoms with Crippen LogP contribution < -0.4 is 5.46 Å². The number of rotatable bonds is 6. The van der Waals surface area contributed by atoms with Gasteiger partial charge in [0.2, 0.25) is 0 Å². The molecule has 0 aliphatic carbocycles. The molecular formula is C30H27BN4O3. The van der Waals surface area contributed by atoms with Crippen molar-refractivity contribution in [3.63, 3.8) is 0 Å². The Balaban J connectivity index is 1.60. The third-order valence-electron chi connectivity index (χ3n) is 7.21. The quantitative estimate of drug-likeness (QED) is 0.338. The standard InChI is InChI=1S/C30H27BN4O3/c1-19-28(20(2)38-34-19)23-16-27-29(33-17-23)25(21-11-13-24(14-12-21)31(36)37)18-35(27)30(22-8-4-3-5-9-22)26-10-6-7-15-32-26/h3-18,20,28,30,36-37H,1-2H3/t20?,28?,30-/m0/s1. The molecule has 4 heterocycles. The largest absolute Gasteiger partial charge is 0.488 e. The zero-order valence-electron chi connectivity index (χ0n) is 21.1. The lowest BCUT2D eigenvalue weighted by Crippen LogP contribution is -2.29. The van der Waals surface area contributed by atoms with Crippen molar-refractivity contribution in [2.24, 2.45) is 5.16 Å². The number of nitrogens with zero attached hydrogens (tertiary/aromatic N) is 4. The molecule has 3 atom stereocenters. The number of benzene rings is 2. The maximum absolute atomic E-state index is 9.58. The lowest BCUT2D eigenvalue weighted by Gasteiger charge is -2.21. The number of hydrogen-bond donors (Lipinski definition) is 2. The first kappa shape index (κ1) is 24.1. The molecule has 0 spiro atoms. The highest BCUT2D eigenvalue weighted by atomic mass is 16.6.